The monoisotopic (exact) mass is 438 g/mol. The van der Waals surface area contributed by atoms with Crippen molar-refractivity contribution in [1.29, 1.82) is 0 Å². The first-order valence-electron chi connectivity index (χ1n) is 9.73. The molecule has 0 unspecified atom stereocenters. The van der Waals surface area contributed by atoms with Crippen molar-refractivity contribution in [1.82, 2.24) is 0 Å². The van der Waals surface area contributed by atoms with Crippen LogP contribution < -0.4 is 19.5 Å². The van der Waals surface area contributed by atoms with E-state index in [2.05, 4.69) is 10.0 Å². The molecule has 0 aliphatic carbocycles. The third-order valence-corrected chi connectivity index (χ3v) is 6.46. The highest BCUT2D eigenvalue weighted by Gasteiger charge is 2.19. The number of anilines is 2. The van der Waals surface area contributed by atoms with Crippen molar-refractivity contribution in [3.63, 3.8) is 0 Å². The quantitative estimate of drug-likeness (QED) is 0.625. The molecule has 1 aliphatic rings. The number of ether oxygens (including phenoxy) is 2. The van der Waals surface area contributed by atoms with Gasteiger partial charge in [0.1, 0.15) is 13.2 Å². The van der Waals surface area contributed by atoms with Gasteiger partial charge in [0.25, 0.3) is 15.9 Å². The van der Waals surface area contributed by atoms with Gasteiger partial charge in [0.2, 0.25) is 0 Å². The number of fused-ring (bicyclic) bond motifs is 1. The van der Waals surface area contributed by atoms with Crippen LogP contribution in [0.1, 0.15) is 21.5 Å². The molecule has 0 saturated carbocycles. The molecule has 4 rings (SSSR count). The lowest BCUT2D eigenvalue weighted by molar-refractivity contribution is 0.102. The van der Waals surface area contributed by atoms with E-state index in [-0.39, 0.29) is 10.8 Å². The highest BCUT2D eigenvalue weighted by molar-refractivity contribution is 7.92. The van der Waals surface area contributed by atoms with E-state index >= 15 is 0 Å². The van der Waals surface area contributed by atoms with Gasteiger partial charge in [-0.15, -0.1) is 0 Å². The van der Waals surface area contributed by atoms with Crippen molar-refractivity contribution in [2.75, 3.05) is 23.3 Å². The van der Waals surface area contributed by atoms with Gasteiger partial charge >= 0.3 is 0 Å². The van der Waals surface area contributed by atoms with Crippen LogP contribution >= 0.6 is 0 Å². The molecule has 7 nitrogen and oxygen atoms in total. The summed E-state index contributed by atoms with van der Waals surface area (Å²) in [6.45, 7) is 4.73. The second-order valence-electron chi connectivity index (χ2n) is 7.19. The van der Waals surface area contributed by atoms with Crippen molar-refractivity contribution in [3.05, 3.63) is 77.4 Å². The molecule has 0 aromatic heterocycles. The minimum Gasteiger partial charge on any atom is -0.486 e. The van der Waals surface area contributed by atoms with Gasteiger partial charge in [-0.05, 0) is 67.4 Å². The molecule has 1 aliphatic heterocycles. The van der Waals surface area contributed by atoms with Gasteiger partial charge in [-0.25, -0.2) is 8.42 Å². The van der Waals surface area contributed by atoms with Crippen molar-refractivity contribution in [2.45, 2.75) is 18.7 Å². The zero-order valence-electron chi connectivity index (χ0n) is 17.1. The second-order valence-corrected chi connectivity index (χ2v) is 8.87. The number of rotatable bonds is 5. The Morgan fingerprint density at radius 2 is 1.61 bits per heavy atom. The summed E-state index contributed by atoms with van der Waals surface area (Å²) < 4.78 is 38.9. The summed E-state index contributed by atoms with van der Waals surface area (Å²) in [4.78, 5) is 12.6. The van der Waals surface area contributed by atoms with E-state index < -0.39 is 10.0 Å². The molecule has 0 atom stereocenters. The van der Waals surface area contributed by atoms with Gasteiger partial charge in [-0.3, -0.25) is 9.52 Å². The molecule has 160 valence electrons. The average molecular weight is 439 g/mol. The standard InChI is InChI=1S/C23H22N2O5S/c1-15-4-3-5-20(16(15)2)24-23(26)17-6-8-18(9-7-17)25-31(27,28)19-10-11-21-22(14-19)30-13-12-29-21/h3-11,14,25H,12-13H2,1-2H3,(H,24,26). The van der Waals surface area contributed by atoms with Crippen LogP contribution in [0.2, 0.25) is 0 Å². The van der Waals surface area contributed by atoms with Crippen LogP contribution in [-0.2, 0) is 10.0 Å². The Bertz CT molecular complexity index is 1240. The first-order valence-corrected chi connectivity index (χ1v) is 11.2. The molecular weight excluding hydrogens is 416 g/mol. The number of carbonyl (C=O) groups excluding carboxylic acids is 1. The third kappa shape index (κ3) is 4.49. The molecule has 2 N–H and O–H groups in total. The number of nitrogens with one attached hydrogen (secondary N) is 2. The molecule has 0 fully saturated rings. The van der Waals surface area contributed by atoms with Crippen LogP contribution in [0.15, 0.2) is 65.6 Å². The maximum Gasteiger partial charge on any atom is 0.262 e. The normalized spacial score (nSPS) is 12.8. The molecule has 3 aromatic rings. The van der Waals surface area contributed by atoms with Crippen LogP contribution in [0.25, 0.3) is 0 Å². The zero-order valence-corrected chi connectivity index (χ0v) is 18.0. The van der Waals surface area contributed by atoms with Gasteiger partial charge in [-0.2, -0.15) is 0 Å². The van der Waals surface area contributed by atoms with Crippen LogP contribution in [0, 0.1) is 13.8 Å². The molecule has 3 aromatic carbocycles. The molecule has 8 heteroatoms. The number of amides is 1. The summed E-state index contributed by atoms with van der Waals surface area (Å²) in [6.07, 6.45) is 0. The van der Waals surface area contributed by atoms with Crippen LogP contribution in [0.3, 0.4) is 0 Å². The van der Waals surface area contributed by atoms with E-state index in [1.54, 1.807) is 30.3 Å². The van der Waals surface area contributed by atoms with Crippen molar-refractivity contribution < 1.29 is 22.7 Å². The smallest absolute Gasteiger partial charge is 0.262 e. The SMILES string of the molecule is Cc1cccc(NC(=O)c2ccc(NS(=O)(=O)c3ccc4c(c3)OCCO4)cc2)c1C. The van der Waals surface area contributed by atoms with Crippen molar-refractivity contribution in [2.24, 2.45) is 0 Å². The van der Waals surface area contributed by atoms with Gasteiger partial charge in [-0.1, -0.05) is 12.1 Å². The van der Waals surface area contributed by atoms with Crippen molar-refractivity contribution in [3.8, 4) is 11.5 Å². The topological polar surface area (TPSA) is 93.7 Å². The lowest BCUT2D eigenvalue weighted by Gasteiger charge is -2.19. The Hall–Kier alpha value is -3.52. The molecule has 0 spiro atoms. The number of hydrogen-bond donors (Lipinski definition) is 2. The second kappa shape index (κ2) is 8.31. The lowest BCUT2D eigenvalue weighted by Crippen LogP contribution is -2.17. The number of sulfonamides is 1. The van der Waals surface area contributed by atoms with E-state index in [1.165, 1.54) is 12.1 Å². The fourth-order valence-electron chi connectivity index (χ4n) is 3.18. The maximum atomic E-state index is 12.7. The molecule has 31 heavy (non-hydrogen) atoms. The summed E-state index contributed by atoms with van der Waals surface area (Å²) in [6, 6.07) is 16.4. The number of benzene rings is 3. The molecule has 0 bridgehead atoms. The minimum atomic E-state index is -3.82. The van der Waals surface area contributed by atoms with Gasteiger partial charge in [0.15, 0.2) is 11.5 Å². The number of carbonyl (C=O) groups is 1. The van der Waals surface area contributed by atoms with E-state index in [9.17, 15) is 13.2 Å². The van der Waals surface area contributed by atoms with E-state index in [0.717, 1.165) is 16.8 Å². The Morgan fingerprint density at radius 3 is 2.35 bits per heavy atom. The zero-order chi connectivity index (χ0) is 22.0. The predicted octanol–water partition coefficient (Wildman–Crippen LogP) is 4.13. The van der Waals surface area contributed by atoms with E-state index in [0.29, 0.717) is 36.0 Å². The Morgan fingerprint density at radius 1 is 0.903 bits per heavy atom. The highest BCUT2D eigenvalue weighted by Crippen LogP contribution is 2.32. The minimum absolute atomic E-state index is 0.0634. The summed E-state index contributed by atoms with van der Waals surface area (Å²) >= 11 is 0. The molecule has 1 heterocycles. The van der Waals surface area contributed by atoms with Gasteiger partial charge in [0.05, 0.1) is 4.90 Å². The average Bonchev–Trinajstić information content (AvgIpc) is 2.77. The van der Waals surface area contributed by atoms with Crippen LogP contribution in [0.4, 0.5) is 11.4 Å². The summed E-state index contributed by atoms with van der Waals surface area (Å²) in [5.74, 6) is 0.645. The summed E-state index contributed by atoms with van der Waals surface area (Å²) in [5, 5.41) is 2.89. The highest BCUT2D eigenvalue weighted by atomic mass is 32.2. The number of hydrogen-bond acceptors (Lipinski definition) is 5. The first-order chi connectivity index (χ1) is 14.8. The van der Waals surface area contributed by atoms with E-state index in [4.69, 9.17) is 9.47 Å². The lowest BCUT2D eigenvalue weighted by atomic mass is 10.1. The first kappa shape index (κ1) is 20.7. The Kier molecular flexibility index (Phi) is 5.56. The molecule has 1 amide bonds. The number of aryl methyl sites for hydroxylation is 1. The predicted molar refractivity (Wildman–Crippen MR) is 119 cm³/mol. The largest absolute Gasteiger partial charge is 0.486 e. The molecule has 0 radical (unpaired) electrons. The maximum absolute atomic E-state index is 12.7. The fourth-order valence-corrected chi connectivity index (χ4v) is 4.25. The van der Waals surface area contributed by atoms with E-state index in [1.807, 2.05) is 32.0 Å². The van der Waals surface area contributed by atoms with Crippen molar-refractivity contribution >= 4 is 27.3 Å². The molecule has 0 saturated heterocycles. The Labute approximate surface area is 181 Å². The van der Waals surface area contributed by atoms with Gasteiger partial charge < -0.3 is 14.8 Å². The fraction of sp³-hybridized carbons (Fsp3) is 0.174. The third-order valence-electron chi connectivity index (χ3n) is 5.08. The Balaban J connectivity index is 1.48. The molecular formula is C23H22N2O5S. The summed E-state index contributed by atoms with van der Waals surface area (Å²) in [5.41, 5.74) is 3.59. The van der Waals surface area contributed by atoms with Gasteiger partial charge in [0, 0.05) is 23.0 Å². The van der Waals surface area contributed by atoms with Crippen LogP contribution in [-0.4, -0.2) is 27.5 Å². The van der Waals surface area contributed by atoms with Crippen LogP contribution in [0.5, 0.6) is 11.5 Å². The summed E-state index contributed by atoms with van der Waals surface area (Å²) in [7, 11) is -3.82.